The summed E-state index contributed by atoms with van der Waals surface area (Å²) in [6.07, 6.45) is 1.79. The molecule has 1 aliphatic heterocycles. The minimum absolute atomic E-state index is 0.149. The molecular formula is C14H20FN. The van der Waals surface area contributed by atoms with E-state index < -0.39 is 5.67 Å². The molecule has 16 heavy (non-hydrogen) atoms. The van der Waals surface area contributed by atoms with E-state index in [1.165, 1.54) is 11.1 Å². The molecule has 2 heteroatoms. The summed E-state index contributed by atoms with van der Waals surface area (Å²) in [6, 6.07) is 8.41. The molecule has 0 spiro atoms. The maximum Gasteiger partial charge on any atom is 0.123 e. The Balaban J connectivity index is 2.08. The third-order valence-electron chi connectivity index (χ3n) is 3.56. The highest BCUT2D eigenvalue weighted by Gasteiger charge is 2.36. The maximum atomic E-state index is 14.3. The molecule has 1 N–H and O–H groups in total. The summed E-state index contributed by atoms with van der Waals surface area (Å²) in [6.45, 7) is 5.24. The van der Waals surface area contributed by atoms with Crippen LogP contribution in [0.3, 0.4) is 0 Å². The fraction of sp³-hybridized carbons (Fsp3) is 0.571. The first kappa shape index (κ1) is 11.6. The lowest BCUT2D eigenvalue weighted by Crippen LogP contribution is -2.47. The summed E-state index contributed by atoms with van der Waals surface area (Å²) in [5.41, 5.74) is 1.45. The van der Waals surface area contributed by atoms with Gasteiger partial charge in [0.15, 0.2) is 0 Å². The molecule has 0 bridgehead atoms. The number of piperidine rings is 1. The largest absolute Gasteiger partial charge is 0.314 e. The molecule has 0 aliphatic carbocycles. The highest BCUT2D eigenvalue weighted by Crippen LogP contribution is 2.30. The Labute approximate surface area is 97.1 Å². The monoisotopic (exact) mass is 221 g/mol. The average molecular weight is 221 g/mol. The third-order valence-corrected chi connectivity index (χ3v) is 3.56. The van der Waals surface area contributed by atoms with Gasteiger partial charge < -0.3 is 5.32 Å². The third kappa shape index (κ3) is 2.62. The van der Waals surface area contributed by atoms with Crippen LogP contribution in [0.4, 0.5) is 4.39 Å². The van der Waals surface area contributed by atoms with Gasteiger partial charge in [0.2, 0.25) is 0 Å². The molecule has 1 fully saturated rings. The molecule has 2 atom stereocenters. The van der Waals surface area contributed by atoms with Gasteiger partial charge in [-0.3, -0.25) is 0 Å². The van der Waals surface area contributed by atoms with Gasteiger partial charge in [-0.1, -0.05) is 29.8 Å². The zero-order chi connectivity index (χ0) is 11.6. The second-order valence-electron chi connectivity index (χ2n) is 5.13. The highest BCUT2D eigenvalue weighted by atomic mass is 19.1. The first-order chi connectivity index (χ1) is 7.58. The van der Waals surface area contributed by atoms with Gasteiger partial charge in [0.1, 0.15) is 5.67 Å². The van der Waals surface area contributed by atoms with Gasteiger partial charge in [-0.2, -0.15) is 0 Å². The minimum Gasteiger partial charge on any atom is -0.314 e. The van der Waals surface area contributed by atoms with E-state index in [2.05, 4.69) is 36.5 Å². The Morgan fingerprint density at radius 3 is 3.00 bits per heavy atom. The molecule has 2 unspecified atom stereocenters. The summed E-state index contributed by atoms with van der Waals surface area (Å²) in [7, 11) is 0. The van der Waals surface area contributed by atoms with Crippen LogP contribution in [0.2, 0.25) is 0 Å². The van der Waals surface area contributed by atoms with E-state index in [0.717, 1.165) is 19.4 Å². The van der Waals surface area contributed by atoms with Gasteiger partial charge in [-0.15, -0.1) is 0 Å². The number of hydrogen-bond acceptors (Lipinski definition) is 1. The Morgan fingerprint density at radius 1 is 1.50 bits per heavy atom. The van der Waals surface area contributed by atoms with Crippen LogP contribution in [-0.2, 0) is 6.42 Å². The highest BCUT2D eigenvalue weighted by molar-refractivity contribution is 5.23. The number of halogens is 1. The summed E-state index contributed by atoms with van der Waals surface area (Å²) < 4.78 is 14.3. The van der Waals surface area contributed by atoms with E-state index in [-0.39, 0.29) is 5.92 Å². The second kappa shape index (κ2) is 4.54. The summed E-state index contributed by atoms with van der Waals surface area (Å²) in [5, 5.41) is 3.13. The number of hydrogen-bond donors (Lipinski definition) is 1. The molecule has 0 aromatic heterocycles. The van der Waals surface area contributed by atoms with Gasteiger partial charge >= 0.3 is 0 Å². The molecule has 0 saturated carbocycles. The summed E-state index contributed by atoms with van der Waals surface area (Å²) >= 11 is 0. The number of rotatable bonds is 2. The van der Waals surface area contributed by atoms with Crippen molar-refractivity contribution in [3.05, 3.63) is 35.4 Å². The van der Waals surface area contributed by atoms with Gasteiger partial charge in [0.25, 0.3) is 0 Å². The maximum absolute atomic E-state index is 14.3. The first-order valence-electron chi connectivity index (χ1n) is 6.03. The topological polar surface area (TPSA) is 12.0 Å². The van der Waals surface area contributed by atoms with Gasteiger partial charge in [-0.25, -0.2) is 4.39 Å². The minimum atomic E-state index is -1.07. The van der Waals surface area contributed by atoms with Crippen LogP contribution in [0.5, 0.6) is 0 Å². The van der Waals surface area contributed by atoms with Crippen molar-refractivity contribution in [3.63, 3.8) is 0 Å². The zero-order valence-electron chi connectivity index (χ0n) is 10.1. The molecule has 1 aromatic carbocycles. The lowest BCUT2D eigenvalue weighted by Gasteiger charge is -2.35. The molecule has 0 radical (unpaired) electrons. The van der Waals surface area contributed by atoms with E-state index in [0.29, 0.717) is 6.54 Å². The van der Waals surface area contributed by atoms with Crippen molar-refractivity contribution < 1.29 is 4.39 Å². The van der Waals surface area contributed by atoms with E-state index in [1.54, 1.807) is 6.92 Å². The van der Waals surface area contributed by atoms with Crippen LogP contribution in [0.15, 0.2) is 24.3 Å². The smallest absolute Gasteiger partial charge is 0.123 e. The Kier molecular flexibility index (Phi) is 3.29. The van der Waals surface area contributed by atoms with Crippen molar-refractivity contribution in [1.29, 1.82) is 0 Å². The molecule has 1 saturated heterocycles. The Hall–Kier alpha value is -0.890. The Morgan fingerprint density at radius 2 is 2.31 bits per heavy atom. The van der Waals surface area contributed by atoms with Crippen molar-refractivity contribution in [2.75, 3.05) is 13.1 Å². The standard InChI is InChI=1S/C14H20FN/c1-11-4-3-5-12(8-11)9-13-6-7-16-10-14(13,2)15/h3-5,8,13,16H,6-7,9-10H2,1-2H3. The van der Waals surface area contributed by atoms with Crippen molar-refractivity contribution in [1.82, 2.24) is 5.32 Å². The molecule has 0 amide bonds. The normalized spacial score (nSPS) is 30.3. The number of benzene rings is 1. The average Bonchev–Trinajstić information content (AvgIpc) is 2.21. The zero-order valence-corrected chi connectivity index (χ0v) is 10.1. The number of aryl methyl sites for hydroxylation is 1. The lowest BCUT2D eigenvalue weighted by atomic mass is 9.80. The molecule has 1 aliphatic rings. The van der Waals surface area contributed by atoms with Crippen LogP contribution in [0.1, 0.15) is 24.5 Å². The van der Waals surface area contributed by atoms with Crippen molar-refractivity contribution in [3.8, 4) is 0 Å². The molecule has 1 nitrogen and oxygen atoms in total. The van der Waals surface area contributed by atoms with E-state index in [1.807, 2.05) is 0 Å². The molecule has 88 valence electrons. The predicted octanol–water partition coefficient (Wildman–Crippen LogP) is 2.88. The quantitative estimate of drug-likeness (QED) is 0.809. The van der Waals surface area contributed by atoms with Crippen LogP contribution >= 0.6 is 0 Å². The molecule has 2 rings (SSSR count). The predicted molar refractivity (Wildman–Crippen MR) is 65.4 cm³/mol. The summed E-state index contributed by atoms with van der Waals surface area (Å²) in [5.74, 6) is 0.149. The summed E-state index contributed by atoms with van der Waals surface area (Å²) in [4.78, 5) is 0. The van der Waals surface area contributed by atoms with Crippen LogP contribution < -0.4 is 5.32 Å². The van der Waals surface area contributed by atoms with Crippen LogP contribution in [0.25, 0.3) is 0 Å². The van der Waals surface area contributed by atoms with E-state index in [9.17, 15) is 4.39 Å². The van der Waals surface area contributed by atoms with Crippen molar-refractivity contribution in [2.45, 2.75) is 32.4 Å². The molecular weight excluding hydrogens is 201 g/mol. The molecule has 1 aromatic rings. The van der Waals surface area contributed by atoms with Gasteiger partial charge in [0.05, 0.1) is 0 Å². The van der Waals surface area contributed by atoms with Crippen molar-refractivity contribution in [2.24, 2.45) is 5.92 Å². The Bertz CT molecular complexity index is 360. The number of alkyl halides is 1. The molecule has 1 heterocycles. The second-order valence-corrected chi connectivity index (χ2v) is 5.13. The van der Waals surface area contributed by atoms with Crippen LogP contribution in [0, 0.1) is 12.8 Å². The first-order valence-corrected chi connectivity index (χ1v) is 6.03. The van der Waals surface area contributed by atoms with E-state index >= 15 is 0 Å². The SMILES string of the molecule is Cc1cccc(CC2CCNCC2(C)F)c1. The fourth-order valence-corrected chi connectivity index (χ4v) is 2.49. The van der Waals surface area contributed by atoms with Gasteiger partial charge in [0, 0.05) is 6.54 Å². The fourth-order valence-electron chi connectivity index (χ4n) is 2.49. The van der Waals surface area contributed by atoms with Crippen LogP contribution in [-0.4, -0.2) is 18.8 Å². The number of nitrogens with one attached hydrogen (secondary N) is 1. The lowest BCUT2D eigenvalue weighted by molar-refractivity contribution is 0.0712. The van der Waals surface area contributed by atoms with Gasteiger partial charge in [-0.05, 0) is 44.7 Å². The van der Waals surface area contributed by atoms with E-state index in [4.69, 9.17) is 0 Å². The van der Waals surface area contributed by atoms with Crippen molar-refractivity contribution >= 4 is 0 Å².